The molecular weight excluding hydrogens is 194 g/mol. The number of aliphatic hydroxyl groups excluding tert-OH is 1. The van der Waals surface area contributed by atoms with Crippen molar-refractivity contribution in [2.75, 3.05) is 0 Å². The Morgan fingerprint density at radius 3 is 2.67 bits per heavy atom. The van der Waals surface area contributed by atoms with Gasteiger partial charge in [0.15, 0.2) is 0 Å². The van der Waals surface area contributed by atoms with E-state index in [9.17, 15) is 15.2 Å². The van der Waals surface area contributed by atoms with E-state index in [0.29, 0.717) is 6.42 Å². The Labute approximate surface area is 88.7 Å². The highest BCUT2D eigenvalue weighted by molar-refractivity contribution is 5.34. The van der Waals surface area contributed by atoms with Crippen molar-refractivity contribution < 1.29 is 10.0 Å². The van der Waals surface area contributed by atoms with Crippen LogP contribution in [0.15, 0.2) is 24.3 Å². The maximum Gasteiger partial charge on any atom is 0.269 e. The lowest BCUT2D eigenvalue weighted by Gasteiger charge is -2.13. The van der Waals surface area contributed by atoms with Crippen LogP contribution in [0.25, 0.3) is 0 Å². The molecule has 1 N–H and O–H groups in total. The van der Waals surface area contributed by atoms with E-state index in [1.165, 1.54) is 6.07 Å². The van der Waals surface area contributed by atoms with Gasteiger partial charge in [0.1, 0.15) is 0 Å². The second-order valence-corrected chi connectivity index (χ2v) is 3.85. The Morgan fingerprint density at radius 1 is 1.47 bits per heavy atom. The molecule has 82 valence electrons. The van der Waals surface area contributed by atoms with Crippen LogP contribution in [0.5, 0.6) is 0 Å². The van der Waals surface area contributed by atoms with Gasteiger partial charge < -0.3 is 5.11 Å². The van der Waals surface area contributed by atoms with Gasteiger partial charge in [0, 0.05) is 12.1 Å². The standard InChI is InChI=1S/C11H15NO3/c1-8(9(2)13)6-10-4-3-5-11(7-10)12(14)15/h3-5,7-9,13H,6H2,1-2H3. The molecular formula is C11H15NO3. The zero-order valence-corrected chi connectivity index (χ0v) is 8.88. The quantitative estimate of drug-likeness (QED) is 0.610. The largest absolute Gasteiger partial charge is 0.393 e. The maximum atomic E-state index is 10.5. The van der Waals surface area contributed by atoms with E-state index in [2.05, 4.69) is 0 Å². The third kappa shape index (κ3) is 3.32. The summed E-state index contributed by atoms with van der Waals surface area (Å²) in [5, 5.41) is 19.9. The van der Waals surface area contributed by atoms with Gasteiger partial charge in [-0.05, 0) is 24.8 Å². The summed E-state index contributed by atoms with van der Waals surface area (Å²) in [6.07, 6.45) is 0.253. The van der Waals surface area contributed by atoms with E-state index in [-0.39, 0.29) is 11.6 Å². The fourth-order valence-corrected chi connectivity index (χ4v) is 1.34. The van der Waals surface area contributed by atoms with E-state index in [1.54, 1.807) is 19.1 Å². The molecule has 0 aliphatic rings. The first-order chi connectivity index (χ1) is 7.00. The third-order valence-electron chi connectivity index (χ3n) is 2.50. The molecule has 0 saturated heterocycles. The lowest BCUT2D eigenvalue weighted by Crippen LogP contribution is -2.15. The van der Waals surface area contributed by atoms with Crippen LogP contribution in [0.3, 0.4) is 0 Å². The summed E-state index contributed by atoms with van der Waals surface area (Å²) in [5.74, 6) is 0.104. The highest BCUT2D eigenvalue weighted by Gasteiger charge is 2.11. The molecule has 0 saturated carbocycles. The molecule has 0 radical (unpaired) electrons. The van der Waals surface area contributed by atoms with Gasteiger partial charge in [0.25, 0.3) is 5.69 Å². The summed E-state index contributed by atoms with van der Waals surface area (Å²) in [6, 6.07) is 6.53. The molecule has 0 aliphatic carbocycles. The summed E-state index contributed by atoms with van der Waals surface area (Å²) in [6.45, 7) is 3.64. The van der Waals surface area contributed by atoms with Gasteiger partial charge in [-0.15, -0.1) is 0 Å². The predicted octanol–water partition coefficient (Wildman–Crippen LogP) is 2.15. The van der Waals surface area contributed by atoms with Crippen LogP contribution in [-0.2, 0) is 6.42 Å². The molecule has 15 heavy (non-hydrogen) atoms. The number of hydrogen-bond acceptors (Lipinski definition) is 3. The van der Waals surface area contributed by atoms with Crippen molar-refractivity contribution in [2.24, 2.45) is 5.92 Å². The van der Waals surface area contributed by atoms with Crippen molar-refractivity contribution in [3.05, 3.63) is 39.9 Å². The molecule has 0 fully saturated rings. The predicted molar refractivity (Wildman–Crippen MR) is 57.6 cm³/mol. The first kappa shape index (κ1) is 11.7. The number of nitrogens with zero attached hydrogens (tertiary/aromatic N) is 1. The van der Waals surface area contributed by atoms with Crippen LogP contribution >= 0.6 is 0 Å². The van der Waals surface area contributed by atoms with E-state index < -0.39 is 11.0 Å². The first-order valence-corrected chi connectivity index (χ1v) is 4.92. The summed E-state index contributed by atoms with van der Waals surface area (Å²) < 4.78 is 0. The molecule has 4 heteroatoms. The average molecular weight is 209 g/mol. The van der Waals surface area contributed by atoms with Crippen LogP contribution in [0.2, 0.25) is 0 Å². The summed E-state index contributed by atoms with van der Waals surface area (Å²) in [5.41, 5.74) is 0.989. The van der Waals surface area contributed by atoms with E-state index in [0.717, 1.165) is 5.56 Å². The molecule has 0 heterocycles. The SMILES string of the molecule is CC(O)C(C)Cc1cccc([N+](=O)[O-])c1. The van der Waals surface area contributed by atoms with E-state index in [1.807, 2.05) is 13.0 Å². The Kier molecular flexibility index (Phi) is 3.80. The number of aliphatic hydroxyl groups is 1. The Bertz CT molecular complexity index is 349. The maximum absolute atomic E-state index is 10.5. The number of benzene rings is 1. The van der Waals surface area contributed by atoms with Gasteiger partial charge in [-0.3, -0.25) is 10.1 Å². The lowest BCUT2D eigenvalue weighted by atomic mass is 9.97. The van der Waals surface area contributed by atoms with Crippen molar-refractivity contribution in [3.8, 4) is 0 Å². The van der Waals surface area contributed by atoms with Crippen LogP contribution in [0.1, 0.15) is 19.4 Å². The van der Waals surface area contributed by atoms with Crippen molar-refractivity contribution in [1.29, 1.82) is 0 Å². The van der Waals surface area contributed by atoms with E-state index in [4.69, 9.17) is 0 Å². The topological polar surface area (TPSA) is 63.4 Å². The number of nitro benzene ring substituents is 1. The molecule has 2 atom stereocenters. The number of non-ortho nitro benzene ring substituents is 1. The van der Waals surface area contributed by atoms with Gasteiger partial charge in [-0.1, -0.05) is 19.1 Å². The summed E-state index contributed by atoms with van der Waals surface area (Å²) in [4.78, 5) is 10.1. The minimum absolute atomic E-state index is 0.102. The molecule has 1 rings (SSSR count). The lowest BCUT2D eigenvalue weighted by molar-refractivity contribution is -0.384. The second-order valence-electron chi connectivity index (χ2n) is 3.85. The normalized spacial score (nSPS) is 14.6. The average Bonchev–Trinajstić information content (AvgIpc) is 2.18. The second kappa shape index (κ2) is 4.89. The van der Waals surface area contributed by atoms with Gasteiger partial charge in [-0.2, -0.15) is 0 Å². The minimum Gasteiger partial charge on any atom is -0.393 e. The van der Waals surface area contributed by atoms with Crippen LogP contribution in [-0.4, -0.2) is 16.1 Å². The molecule has 0 bridgehead atoms. The third-order valence-corrected chi connectivity index (χ3v) is 2.50. The first-order valence-electron chi connectivity index (χ1n) is 4.92. The fourth-order valence-electron chi connectivity index (χ4n) is 1.34. The van der Waals surface area contributed by atoms with Gasteiger partial charge in [0.2, 0.25) is 0 Å². The molecule has 0 aromatic heterocycles. The zero-order chi connectivity index (χ0) is 11.4. The Hall–Kier alpha value is -1.42. The molecule has 0 amide bonds. The molecule has 4 nitrogen and oxygen atoms in total. The molecule has 1 aromatic rings. The zero-order valence-electron chi connectivity index (χ0n) is 8.88. The Balaban J connectivity index is 2.78. The summed E-state index contributed by atoms with van der Waals surface area (Å²) >= 11 is 0. The van der Waals surface area contributed by atoms with Crippen LogP contribution < -0.4 is 0 Å². The molecule has 1 aromatic carbocycles. The molecule has 2 unspecified atom stereocenters. The monoisotopic (exact) mass is 209 g/mol. The highest BCUT2D eigenvalue weighted by atomic mass is 16.6. The number of rotatable bonds is 4. The van der Waals surface area contributed by atoms with Crippen molar-refractivity contribution >= 4 is 5.69 Å². The fraction of sp³-hybridized carbons (Fsp3) is 0.455. The van der Waals surface area contributed by atoms with Crippen LogP contribution in [0.4, 0.5) is 5.69 Å². The number of hydrogen-bond donors (Lipinski definition) is 1. The van der Waals surface area contributed by atoms with Crippen molar-refractivity contribution in [2.45, 2.75) is 26.4 Å². The smallest absolute Gasteiger partial charge is 0.269 e. The summed E-state index contributed by atoms with van der Waals surface area (Å²) in [7, 11) is 0. The van der Waals surface area contributed by atoms with Gasteiger partial charge in [0.05, 0.1) is 11.0 Å². The minimum atomic E-state index is -0.406. The van der Waals surface area contributed by atoms with Crippen LogP contribution in [0, 0.1) is 16.0 Å². The van der Waals surface area contributed by atoms with Crippen molar-refractivity contribution in [3.63, 3.8) is 0 Å². The molecule has 0 spiro atoms. The Morgan fingerprint density at radius 2 is 2.13 bits per heavy atom. The van der Waals surface area contributed by atoms with E-state index >= 15 is 0 Å². The molecule has 0 aliphatic heterocycles. The van der Waals surface area contributed by atoms with Gasteiger partial charge in [-0.25, -0.2) is 0 Å². The number of nitro groups is 1. The van der Waals surface area contributed by atoms with Gasteiger partial charge >= 0.3 is 0 Å². The van der Waals surface area contributed by atoms with Crippen molar-refractivity contribution in [1.82, 2.24) is 0 Å². The highest BCUT2D eigenvalue weighted by Crippen LogP contribution is 2.17.